The zero-order chi connectivity index (χ0) is 22.1. The first-order chi connectivity index (χ1) is 15.6. The number of para-hydroxylation sites is 1. The van der Waals surface area contributed by atoms with Gasteiger partial charge in [-0.1, -0.05) is 78.9 Å². The average molecular weight is 422 g/mol. The summed E-state index contributed by atoms with van der Waals surface area (Å²) in [6.07, 6.45) is 0. The largest absolute Gasteiger partial charge is 0.457 e. The first-order valence-corrected chi connectivity index (χ1v) is 10.5. The SMILES string of the molecule is Cc1[nH]c(-c2ccccc2)c(C2C(=O)Nc3ccccc32)c1C(=O)OCc1ccccc1. The Balaban J connectivity index is 1.62. The number of nitrogens with one attached hydrogen (secondary N) is 2. The molecule has 2 N–H and O–H groups in total. The minimum Gasteiger partial charge on any atom is -0.457 e. The lowest BCUT2D eigenvalue weighted by atomic mass is 9.87. The number of carbonyl (C=O) groups is 2. The van der Waals surface area contributed by atoms with Crippen LogP contribution in [0.2, 0.25) is 0 Å². The van der Waals surface area contributed by atoms with Crippen molar-refractivity contribution in [2.24, 2.45) is 0 Å². The van der Waals surface area contributed by atoms with Crippen LogP contribution in [0.3, 0.4) is 0 Å². The summed E-state index contributed by atoms with van der Waals surface area (Å²) in [5, 5.41) is 2.95. The van der Waals surface area contributed by atoms with Crippen molar-refractivity contribution in [3.05, 3.63) is 113 Å². The fourth-order valence-corrected chi connectivity index (χ4v) is 4.32. The number of anilines is 1. The summed E-state index contributed by atoms with van der Waals surface area (Å²) in [4.78, 5) is 29.8. The maximum Gasteiger partial charge on any atom is 0.340 e. The minimum atomic E-state index is -0.606. The maximum absolute atomic E-state index is 13.3. The number of aryl methyl sites for hydroxylation is 1. The van der Waals surface area contributed by atoms with Crippen molar-refractivity contribution in [1.29, 1.82) is 0 Å². The molecule has 4 aromatic rings. The molecule has 2 heterocycles. The van der Waals surface area contributed by atoms with Crippen LogP contribution in [0.25, 0.3) is 11.3 Å². The molecule has 0 fully saturated rings. The minimum absolute atomic E-state index is 0.153. The highest BCUT2D eigenvalue weighted by atomic mass is 16.5. The lowest BCUT2D eigenvalue weighted by Crippen LogP contribution is -2.17. The standard InChI is InChI=1S/C27H22N2O3/c1-17-22(27(31)32-16-18-10-4-2-5-11-18)24(25(28-17)19-12-6-3-7-13-19)23-20-14-8-9-15-21(20)29-26(23)30/h2-15,23,28H,16H2,1H3,(H,29,30). The van der Waals surface area contributed by atoms with E-state index < -0.39 is 11.9 Å². The predicted octanol–water partition coefficient (Wildman–Crippen LogP) is 5.43. The molecule has 5 nitrogen and oxygen atoms in total. The van der Waals surface area contributed by atoms with E-state index >= 15 is 0 Å². The summed E-state index contributed by atoms with van der Waals surface area (Å²) < 4.78 is 5.68. The van der Waals surface area contributed by atoms with E-state index in [2.05, 4.69) is 10.3 Å². The number of benzene rings is 3. The molecular weight excluding hydrogens is 400 g/mol. The number of amides is 1. The molecule has 0 saturated carbocycles. The predicted molar refractivity (Wildman–Crippen MR) is 123 cm³/mol. The van der Waals surface area contributed by atoms with Crippen LogP contribution >= 0.6 is 0 Å². The van der Waals surface area contributed by atoms with E-state index in [0.717, 1.165) is 28.1 Å². The molecule has 5 heteroatoms. The molecule has 1 aliphatic rings. The summed E-state index contributed by atoms with van der Waals surface area (Å²) in [7, 11) is 0. The van der Waals surface area contributed by atoms with Gasteiger partial charge in [0.05, 0.1) is 17.2 Å². The second kappa shape index (κ2) is 8.19. The molecule has 1 amide bonds. The molecule has 0 aliphatic carbocycles. The van der Waals surface area contributed by atoms with Crippen LogP contribution in [0.15, 0.2) is 84.9 Å². The third kappa shape index (κ3) is 3.48. The summed E-state index contributed by atoms with van der Waals surface area (Å²) in [5.41, 5.74) is 5.93. The summed E-state index contributed by atoms with van der Waals surface area (Å²) in [6, 6.07) is 26.9. The zero-order valence-electron chi connectivity index (χ0n) is 17.6. The molecule has 0 bridgehead atoms. The number of esters is 1. The first kappa shape index (κ1) is 19.8. The molecule has 0 saturated heterocycles. The van der Waals surface area contributed by atoms with Crippen molar-refractivity contribution in [3.8, 4) is 11.3 Å². The van der Waals surface area contributed by atoms with E-state index in [1.807, 2.05) is 91.9 Å². The first-order valence-electron chi connectivity index (χ1n) is 10.5. The van der Waals surface area contributed by atoms with Gasteiger partial charge in [-0.3, -0.25) is 4.79 Å². The third-order valence-electron chi connectivity index (χ3n) is 5.79. The summed E-state index contributed by atoms with van der Waals surface area (Å²) >= 11 is 0. The van der Waals surface area contributed by atoms with Gasteiger partial charge in [0.15, 0.2) is 0 Å². The van der Waals surface area contributed by atoms with E-state index in [4.69, 9.17) is 4.74 Å². The highest BCUT2D eigenvalue weighted by Crippen LogP contribution is 2.43. The number of aromatic nitrogens is 1. The Morgan fingerprint density at radius 2 is 1.56 bits per heavy atom. The quantitative estimate of drug-likeness (QED) is 0.421. The lowest BCUT2D eigenvalue weighted by molar-refractivity contribution is -0.116. The van der Waals surface area contributed by atoms with Crippen LogP contribution < -0.4 is 5.32 Å². The van der Waals surface area contributed by atoms with Gasteiger partial charge in [-0.25, -0.2) is 4.79 Å². The van der Waals surface area contributed by atoms with Crippen LogP contribution in [0.5, 0.6) is 0 Å². The van der Waals surface area contributed by atoms with Crippen LogP contribution in [0.4, 0.5) is 5.69 Å². The lowest BCUT2D eigenvalue weighted by Gasteiger charge is -2.14. The Bertz CT molecular complexity index is 1290. The monoisotopic (exact) mass is 422 g/mol. The van der Waals surface area contributed by atoms with Gasteiger partial charge in [-0.15, -0.1) is 0 Å². The number of aromatic amines is 1. The van der Waals surface area contributed by atoms with Crippen molar-refractivity contribution in [3.63, 3.8) is 0 Å². The van der Waals surface area contributed by atoms with Crippen molar-refractivity contribution in [2.75, 3.05) is 5.32 Å². The van der Waals surface area contributed by atoms with E-state index in [9.17, 15) is 9.59 Å². The molecule has 1 atom stereocenters. The Labute approximate surface area is 186 Å². The molecule has 0 radical (unpaired) electrons. The second-order valence-electron chi connectivity index (χ2n) is 7.85. The van der Waals surface area contributed by atoms with E-state index in [1.54, 1.807) is 0 Å². The fraction of sp³-hybridized carbons (Fsp3) is 0.111. The van der Waals surface area contributed by atoms with Crippen LogP contribution in [-0.4, -0.2) is 16.9 Å². The van der Waals surface area contributed by atoms with E-state index in [-0.39, 0.29) is 12.5 Å². The molecule has 1 aromatic heterocycles. The molecule has 158 valence electrons. The molecule has 32 heavy (non-hydrogen) atoms. The molecule has 3 aromatic carbocycles. The van der Waals surface area contributed by atoms with Gasteiger partial charge < -0.3 is 15.0 Å². The number of fused-ring (bicyclic) bond motifs is 1. The number of hydrogen-bond acceptors (Lipinski definition) is 3. The number of rotatable bonds is 5. The normalized spacial score (nSPS) is 14.7. The number of H-pyrrole nitrogens is 1. The fourth-order valence-electron chi connectivity index (χ4n) is 4.32. The Morgan fingerprint density at radius 3 is 2.31 bits per heavy atom. The highest BCUT2D eigenvalue weighted by molar-refractivity contribution is 6.08. The highest BCUT2D eigenvalue weighted by Gasteiger charge is 2.38. The van der Waals surface area contributed by atoms with Crippen molar-refractivity contribution in [2.45, 2.75) is 19.4 Å². The van der Waals surface area contributed by atoms with Crippen molar-refractivity contribution < 1.29 is 14.3 Å². The number of ether oxygens (including phenoxy) is 1. The van der Waals surface area contributed by atoms with Crippen LogP contribution in [-0.2, 0) is 16.1 Å². The van der Waals surface area contributed by atoms with Crippen molar-refractivity contribution in [1.82, 2.24) is 4.98 Å². The van der Waals surface area contributed by atoms with E-state index in [0.29, 0.717) is 16.8 Å². The summed E-state index contributed by atoms with van der Waals surface area (Å²) in [5.74, 6) is -1.21. The number of hydrogen-bond donors (Lipinski definition) is 2. The van der Waals surface area contributed by atoms with Crippen LogP contribution in [0.1, 0.15) is 38.7 Å². The molecule has 0 spiro atoms. The maximum atomic E-state index is 13.3. The van der Waals surface area contributed by atoms with Gasteiger partial charge in [0.25, 0.3) is 0 Å². The van der Waals surface area contributed by atoms with Gasteiger partial charge in [0, 0.05) is 16.9 Å². The molecular formula is C27H22N2O3. The second-order valence-corrected chi connectivity index (χ2v) is 7.85. The van der Waals surface area contributed by atoms with E-state index in [1.165, 1.54) is 0 Å². The number of carbonyl (C=O) groups excluding carboxylic acids is 2. The molecule has 5 rings (SSSR count). The smallest absolute Gasteiger partial charge is 0.340 e. The van der Waals surface area contributed by atoms with Gasteiger partial charge in [-0.05, 0) is 29.7 Å². The van der Waals surface area contributed by atoms with Crippen molar-refractivity contribution >= 4 is 17.6 Å². The van der Waals surface area contributed by atoms with Gasteiger partial charge in [0.1, 0.15) is 6.61 Å². The third-order valence-corrected chi connectivity index (χ3v) is 5.79. The molecule has 1 aliphatic heterocycles. The summed E-state index contributed by atoms with van der Waals surface area (Å²) in [6.45, 7) is 2.01. The van der Waals surface area contributed by atoms with Gasteiger partial charge in [-0.2, -0.15) is 0 Å². The van der Waals surface area contributed by atoms with Gasteiger partial charge >= 0.3 is 5.97 Å². The Morgan fingerprint density at radius 1 is 0.906 bits per heavy atom. The average Bonchev–Trinajstić information content (AvgIpc) is 3.34. The van der Waals surface area contributed by atoms with Gasteiger partial charge in [0.2, 0.25) is 5.91 Å². The Kier molecular flexibility index (Phi) is 5.07. The topological polar surface area (TPSA) is 71.2 Å². The molecule has 1 unspecified atom stereocenters. The zero-order valence-corrected chi connectivity index (χ0v) is 17.6. The Hall–Kier alpha value is -4.12. The van der Waals surface area contributed by atoms with Crippen LogP contribution in [0, 0.1) is 6.92 Å².